The van der Waals surface area contributed by atoms with Crippen LogP contribution in [-0.4, -0.2) is 32.7 Å². The first-order chi connectivity index (χ1) is 7.72. The van der Waals surface area contributed by atoms with Crippen LogP contribution in [0.25, 0.3) is 0 Å². The summed E-state index contributed by atoms with van der Waals surface area (Å²) in [5.74, 6) is 0. The molecule has 0 aliphatic carbocycles. The number of ether oxygens (including phenoxy) is 1. The van der Waals surface area contributed by atoms with E-state index in [0.29, 0.717) is 10.7 Å². The number of hydrogen-bond acceptors (Lipinski definition) is 4. The number of hydrogen-bond donors (Lipinski definition) is 1. The highest BCUT2D eigenvalue weighted by molar-refractivity contribution is 7.80. The Morgan fingerprint density at radius 1 is 1.69 bits per heavy atom. The van der Waals surface area contributed by atoms with Crippen molar-refractivity contribution in [2.24, 2.45) is 5.73 Å². The van der Waals surface area contributed by atoms with Crippen LogP contribution in [0.15, 0.2) is 0 Å². The van der Waals surface area contributed by atoms with Crippen molar-refractivity contribution in [2.75, 3.05) is 6.61 Å². The van der Waals surface area contributed by atoms with Crippen molar-refractivity contribution in [1.82, 2.24) is 15.0 Å². The zero-order valence-electron chi connectivity index (χ0n) is 9.35. The van der Waals surface area contributed by atoms with Gasteiger partial charge in [-0.05, 0) is 19.3 Å². The number of rotatable bonds is 4. The summed E-state index contributed by atoms with van der Waals surface area (Å²) in [7, 11) is 0. The van der Waals surface area contributed by atoms with E-state index in [1.165, 1.54) is 0 Å². The highest BCUT2D eigenvalue weighted by atomic mass is 32.1. The van der Waals surface area contributed by atoms with Gasteiger partial charge >= 0.3 is 0 Å². The van der Waals surface area contributed by atoms with E-state index < -0.39 is 0 Å². The molecular formula is C10H16N4OS. The third-order valence-corrected chi connectivity index (χ3v) is 3.00. The van der Waals surface area contributed by atoms with Crippen LogP contribution >= 0.6 is 12.2 Å². The fourth-order valence-electron chi connectivity index (χ4n) is 2.00. The first kappa shape index (κ1) is 11.5. The topological polar surface area (TPSA) is 66.0 Å². The van der Waals surface area contributed by atoms with Crippen molar-refractivity contribution < 1.29 is 4.74 Å². The Balaban J connectivity index is 2.16. The third kappa shape index (κ3) is 2.22. The van der Waals surface area contributed by atoms with Gasteiger partial charge in [0.05, 0.1) is 18.3 Å². The quantitative estimate of drug-likeness (QED) is 0.783. The molecule has 0 spiro atoms. The Hall–Kier alpha value is -1.01. The normalized spacial score (nSPS) is 20.2. The maximum Gasteiger partial charge on any atom is 0.143 e. The molecule has 2 rings (SSSR count). The average molecular weight is 240 g/mol. The van der Waals surface area contributed by atoms with Crippen LogP contribution in [0, 0.1) is 0 Å². The van der Waals surface area contributed by atoms with E-state index in [4.69, 9.17) is 22.7 Å². The van der Waals surface area contributed by atoms with Gasteiger partial charge in [0.25, 0.3) is 0 Å². The summed E-state index contributed by atoms with van der Waals surface area (Å²) in [5.41, 5.74) is 7.25. The zero-order chi connectivity index (χ0) is 11.5. The first-order valence-corrected chi connectivity index (χ1v) is 5.97. The second-order valence-corrected chi connectivity index (χ2v) is 4.36. The molecule has 16 heavy (non-hydrogen) atoms. The molecule has 0 saturated carbocycles. The molecule has 0 radical (unpaired) electrons. The maximum atomic E-state index is 5.60. The van der Waals surface area contributed by atoms with Gasteiger partial charge in [0.2, 0.25) is 0 Å². The van der Waals surface area contributed by atoms with Gasteiger partial charge in [0.1, 0.15) is 10.7 Å². The number of nitrogens with two attached hydrogens (primary N) is 1. The van der Waals surface area contributed by atoms with Crippen LogP contribution < -0.4 is 5.73 Å². The molecule has 2 N–H and O–H groups in total. The van der Waals surface area contributed by atoms with Crippen molar-refractivity contribution >= 4 is 17.2 Å². The Bertz CT molecular complexity index is 384. The molecule has 0 bridgehead atoms. The summed E-state index contributed by atoms with van der Waals surface area (Å²) in [4.78, 5) is 0.315. The zero-order valence-corrected chi connectivity index (χ0v) is 10.2. The molecule has 0 aromatic carbocycles. The van der Waals surface area contributed by atoms with E-state index in [1.807, 2.05) is 11.6 Å². The smallest absolute Gasteiger partial charge is 0.143 e. The SMILES string of the molecule is CCc1c(C(N)=S)nnn1CC1CCCO1. The monoisotopic (exact) mass is 240 g/mol. The minimum Gasteiger partial charge on any atom is -0.388 e. The number of aromatic nitrogens is 3. The fourth-order valence-corrected chi connectivity index (χ4v) is 2.16. The van der Waals surface area contributed by atoms with E-state index >= 15 is 0 Å². The van der Waals surface area contributed by atoms with Gasteiger partial charge < -0.3 is 10.5 Å². The minimum atomic E-state index is 0.256. The third-order valence-electron chi connectivity index (χ3n) is 2.81. The first-order valence-electron chi connectivity index (χ1n) is 5.56. The highest BCUT2D eigenvalue weighted by Crippen LogP contribution is 2.15. The number of thiocarbonyl (C=S) groups is 1. The lowest BCUT2D eigenvalue weighted by Gasteiger charge is -2.11. The Morgan fingerprint density at radius 2 is 2.50 bits per heavy atom. The van der Waals surface area contributed by atoms with E-state index in [2.05, 4.69) is 10.3 Å². The predicted octanol–water partition coefficient (Wildman–Crippen LogP) is 0.654. The lowest BCUT2D eigenvalue weighted by Crippen LogP contribution is -2.19. The van der Waals surface area contributed by atoms with E-state index in [9.17, 15) is 0 Å². The molecule has 1 aromatic rings. The van der Waals surface area contributed by atoms with Crippen molar-refractivity contribution in [3.8, 4) is 0 Å². The molecule has 5 nitrogen and oxygen atoms in total. The summed E-state index contributed by atoms with van der Waals surface area (Å²) < 4.78 is 7.44. The summed E-state index contributed by atoms with van der Waals surface area (Å²) in [5, 5.41) is 8.11. The molecule has 1 saturated heterocycles. The molecule has 88 valence electrons. The molecule has 1 aliphatic heterocycles. The summed E-state index contributed by atoms with van der Waals surface area (Å²) in [6.07, 6.45) is 3.30. The summed E-state index contributed by atoms with van der Waals surface area (Å²) >= 11 is 4.94. The van der Waals surface area contributed by atoms with E-state index in [1.54, 1.807) is 0 Å². The molecule has 0 amide bonds. The Morgan fingerprint density at radius 3 is 3.06 bits per heavy atom. The maximum absolute atomic E-state index is 5.60. The van der Waals surface area contributed by atoms with Crippen LogP contribution in [0.5, 0.6) is 0 Å². The van der Waals surface area contributed by atoms with Crippen molar-refractivity contribution in [3.05, 3.63) is 11.4 Å². The fraction of sp³-hybridized carbons (Fsp3) is 0.700. The molecular weight excluding hydrogens is 224 g/mol. The van der Waals surface area contributed by atoms with E-state index in [0.717, 1.165) is 38.1 Å². The van der Waals surface area contributed by atoms with Gasteiger partial charge in [-0.25, -0.2) is 4.68 Å². The van der Waals surface area contributed by atoms with Gasteiger partial charge in [-0.15, -0.1) is 5.10 Å². The average Bonchev–Trinajstić information content (AvgIpc) is 2.87. The van der Waals surface area contributed by atoms with E-state index in [-0.39, 0.29) is 6.10 Å². The lowest BCUT2D eigenvalue weighted by atomic mass is 10.2. The summed E-state index contributed by atoms with van der Waals surface area (Å²) in [6.45, 7) is 3.65. The Labute approximate surface area is 100.0 Å². The molecule has 1 aliphatic rings. The molecule has 1 unspecified atom stereocenters. The molecule has 1 fully saturated rings. The van der Waals surface area contributed by atoms with Gasteiger partial charge in [-0.1, -0.05) is 24.4 Å². The van der Waals surface area contributed by atoms with Gasteiger partial charge in [-0.3, -0.25) is 0 Å². The van der Waals surface area contributed by atoms with Crippen LogP contribution in [0.2, 0.25) is 0 Å². The molecule has 1 aromatic heterocycles. The minimum absolute atomic E-state index is 0.256. The van der Waals surface area contributed by atoms with Crippen LogP contribution in [-0.2, 0) is 17.7 Å². The van der Waals surface area contributed by atoms with Crippen LogP contribution in [0.3, 0.4) is 0 Å². The highest BCUT2D eigenvalue weighted by Gasteiger charge is 2.20. The van der Waals surface area contributed by atoms with Crippen molar-refractivity contribution in [1.29, 1.82) is 0 Å². The lowest BCUT2D eigenvalue weighted by molar-refractivity contribution is 0.0928. The second kappa shape index (κ2) is 4.88. The van der Waals surface area contributed by atoms with Crippen LogP contribution in [0.4, 0.5) is 0 Å². The van der Waals surface area contributed by atoms with Gasteiger partial charge in [0, 0.05) is 6.61 Å². The van der Waals surface area contributed by atoms with Gasteiger partial charge in [-0.2, -0.15) is 0 Å². The van der Waals surface area contributed by atoms with Crippen molar-refractivity contribution in [3.63, 3.8) is 0 Å². The predicted molar refractivity (Wildman–Crippen MR) is 64.3 cm³/mol. The molecule has 1 atom stereocenters. The van der Waals surface area contributed by atoms with Crippen molar-refractivity contribution in [2.45, 2.75) is 38.8 Å². The van der Waals surface area contributed by atoms with Gasteiger partial charge in [0.15, 0.2) is 0 Å². The largest absolute Gasteiger partial charge is 0.388 e. The Kier molecular flexibility index (Phi) is 3.50. The molecule has 2 heterocycles. The summed E-state index contributed by atoms with van der Waals surface area (Å²) in [6, 6.07) is 0. The van der Waals surface area contributed by atoms with Crippen LogP contribution in [0.1, 0.15) is 31.2 Å². The second-order valence-electron chi connectivity index (χ2n) is 3.92. The standard InChI is InChI=1S/C10H16N4OS/c1-2-8-9(10(11)16)12-13-14(8)6-7-4-3-5-15-7/h7H,2-6H2,1H3,(H2,11,16). The molecule has 6 heteroatoms. The number of nitrogens with zero attached hydrogens (tertiary/aromatic N) is 3.